The van der Waals surface area contributed by atoms with Gasteiger partial charge in [0.2, 0.25) is 5.91 Å². The Morgan fingerprint density at radius 3 is 2.40 bits per heavy atom. The monoisotopic (exact) mass is 568 g/mol. The Bertz CT molecular complexity index is 1300. The van der Waals surface area contributed by atoms with Gasteiger partial charge in [0, 0.05) is 35.9 Å². The highest BCUT2D eigenvalue weighted by molar-refractivity contribution is 8.32. The van der Waals surface area contributed by atoms with Crippen LogP contribution in [-0.4, -0.2) is 68.5 Å². The van der Waals surface area contributed by atoms with E-state index >= 15 is 0 Å². The van der Waals surface area contributed by atoms with E-state index in [-0.39, 0.29) is 17.7 Å². The van der Waals surface area contributed by atoms with Crippen LogP contribution in [0.3, 0.4) is 0 Å². The van der Waals surface area contributed by atoms with Crippen molar-refractivity contribution in [1.29, 1.82) is 0 Å². The Morgan fingerprint density at radius 1 is 1.07 bits per heavy atom. The lowest BCUT2D eigenvalue weighted by Gasteiger charge is -2.30. The van der Waals surface area contributed by atoms with Crippen molar-refractivity contribution in [3.05, 3.63) is 53.6 Å². The zero-order valence-electron chi connectivity index (χ0n) is 24.7. The molecule has 218 valence electrons. The van der Waals surface area contributed by atoms with Crippen LogP contribution in [0.5, 0.6) is 0 Å². The van der Waals surface area contributed by atoms with Crippen LogP contribution in [-0.2, 0) is 23.3 Å². The molecule has 0 radical (unpaired) electrons. The third-order valence-electron chi connectivity index (χ3n) is 7.62. The van der Waals surface area contributed by atoms with Crippen LogP contribution in [0.15, 0.2) is 36.5 Å². The molecule has 0 spiro atoms. The van der Waals surface area contributed by atoms with Gasteiger partial charge in [-0.25, -0.2) is 14.7 Å². The van der Waals surface area contributed by atoms with Crippen molar-refractivity contribution in [1.82, 2.24) is 24.9 Å². The molecule has 3 aromatic rings. The van der Waals surface area contributed by atoms with Gasteiger partial charge in [-0.1, -0.05) is 31.4 Å². The second kappa shape index (κ2) is 13.0. The average molecular weight is 569 g/mol. The van der Waals surface area contributed by atoms with Crippen LogP contribution in [0.4, 0.5) is 5.69 Å². The summed E-state index contributed by atoms with van der Waals surface area (Å²) in [6.45, 7) is 5.23. The summed E-state index contributed by atoms with van der Waals surface area (Å²) in [5.74, 6) is 0.701. The molecule has 9 nitrogen and oxygen atoms in total. The third kappa shape index (κ3) is 7.54. The summed E-state index contributed by atoms with van der Waals surface area (Å²) in [5.41, 5.74) is 5.23. The third-order valence-corrected chi connectivity index (χ3v) is 9.01. The fourth-order valence-electron chi connectivity index (χ4n) is 5.32. The lowest BCUT2D eigenvalue weighted by molar-refractivity contribution is -0.119. The van der Waals surface area contributed by atoms with Crippen molar-refractivity contribution in [2.24, 2.45) is 13.0 Å². The molecule has 1 aliphatic rings. The summed E-state index contributed by atoms with van der Waals surface area (Å²) >= 11 is 0. The fourth-order valence-corrected chi connectivity index (χ4v) is 5.94. The summed E-state index contributed by atoms with van der Waals surface area (Å²) in [6, 6.07) is 8.88. The van der Waals surface area contributed by atoms with Gasteiger partial charge in [0.15, 0.2) is 0 Å². The highest BCUT2D eigenvalue weighted by Crippen LogP contribution is 2.34. The van der Waals surface area contributed by atoms with Crippen molar-refractivity contribution < 1.29 is 14.3 Å². The number of aromatic nitrogens is 4. The van der Waals surface area contributed by atoms with Crippen LogP contribution in [0.25, 0.3) is 11.1 Å². The number of amides is 2. The highest BCUT2D eigenvalue weighted by atomic mass is 32.3. The number of aryl methyl sites for hydroxylation is 2. The molecule has 2 heterocycles. The fraction of sp³-hybridized carbons (Fsp3) is 0.533. The summed E-state index contributed by atoms with van der Waals surface area (Å²) in [7, 11) is 1.14. The van der Waals surface area contributed by atoms with Crippen LogP contribution in [0.2, 0.25) is 0 Å². The first-order valence-electron chi connectivity index (χ1n) is 14.0. The molecule has 1 aromatic carbocycles. The maximum Gasteiger partial charge on any atom is 0.270 e. The SMILES string of the molecule is Cc1nn(COCCS(C)(C)C)c(C)c1-c1ccc(NC(=O)C(NC(=O)c2ccnn2C)C2CCCCC2)cc1. The molecule has 40 heavy (non-hydrogen) atoms. The maximum atomic E-state index is 13.5. The number of hydrogen-bond donors (Lipinski definition) is 2. The van der Waals surface area contributed by atoms with E-state index in [0.717, 1.165) is 60.6 Å². The number of nitrogens with zero attached hydrogens (tertiary/aromatic N) is 4. The molecule has 4 rings (SSSR count). The van der Waals surface area contributed by atoms with Gasteiger partial charge < -0.3 is 15.4 Å². The molecule has 2 aromatic heterocycles. The number of carbonyl (C=O) groups excluding carboxylic acids is 2. The minimum Gasteiger partial charge on any atom is -0.358 e. The molecule has 1 aliphatic carbocycles. The molecule has 1 fully saturated rings. The second-order valence-electron chi connectivity index (χ2n) is 11.6. The zero-order valence-corrected chi connectivity index (χ0v) is 25.5. The smallest absolute Gasteiger partial charge is 0.270 e. The molecule has 2 amide bonds. The number of ether oxygens (including phenoxy) is 1. The van der Waals surface area contributed by atoms with E-state index in [1.54, 1.807) is 19.3 Å². The zero-order chi connectivity index (χ0) is 28.9. The van der Waals surface area contributed by atoms with Crippen LogP contribution >= 0.6 is 10.0 Å². The van der Waals surface area contributed by atoms with E-state index in [1.807, 2.05) is 35.9 Å². The van der Waals surface area contributed by atoms with Crippen molar-refractivity contribution in [2.75, 3.05) is 36.4 Å². The van der Waals surface area contributed by atoms with Gasteiger partial charge in [0.1, 0.15) is 18.5 Å². The molecule has 1 unspecified atom stereocenters. The Balaban J connectivity index is 1.44. The lowest BCUT2D eigenvalue weighted by atomic mass is 9.83. The molecule has 0 bridgehead atoms. The van der Waals surface area contributed by atoms with E-state index in [1.165, 1.54) is 11.1 Å². The van der Waals surface area contributed by atoms with Crippen molar-refractivity contribution in [3.8, 4) is 11.1 Å². The van der Waals surface area contributed by atoms with E-state index in [2.05, 4.69) is 41.4 Å². The lowest BCUT2D eigenvalue weighted by Crippen LogP contribution is -2.49. The Morgan fingerprint density at radius 2 is 1.77 bits per heavy atom. The molecular weight excluding hydrogens is 524 g/mol. The molecule has 0 saturated heterocycles. The van der Waals surface area contributed by atoms with Crippen molar-refractivity contribution in [3.63, 3.8) is 0 Å². The first kappa shape index (κ1) is 29.9. The van der Waals surface area contributed by atoms with Crippen LogP contribution in [0, 0.1) is 19.8 Å². The Hall–Kier alpha value is -3.11. The van der Waals surface area contributed by atoms with E-state index in [9.17, 15) is 9.59 Å². The van der Waals surface area contributed by atoms with Gasteiger partial charge in [-0.2, -0.15) is 10.2 Å². The van der Waals surface area contributed by atoms with Gasteiger partial charge in [-0.3, -0.25) is 14.3 Å². The summed E-state index contributed by atoms with van der Waals surface area (Å²) in [4.78, 5) is 26.4. The normalized spacial score (nSPS) is 15.6. The maximum absolute atomic E-state index is 13.5. The molecule has 1 atom stereocenters. The largest absolute Gasteiger partial charge is 0.358 e. The molecule has 0 aliphatic heterocycles. The number of nitrogens with one attached hydrogen (secondary N) is 2. The second-order valence-corrected chi connectivity index (χ2v) is 16.2. The topological polar surface area (TPSA) is 103 Å². The summed E-state index contributed by atoms with van der Waals surface area (Å²) in [5, 5.41) is 14.8. The first-order chi connectivity index (χ1) is 19.0. The van der Waals surface area contributed by atoms with Gasteiger partial charge in [-0.05, 0) is 75.1 Å². The van der Waals surface area contributed by atoms with Gasteiger partial charge in [0.25, 0.3) is 5.91 Å². The summed E-state index contributed by atoms with van der Waals surface area (Å²) < 4.78 is 9.35. The molecule has 2 N–H and O–H groups in total. The first-order valence-corrected chi connectivity index (χ1v) is 17.0. The molecular formula is C30H44N6O3S. The standard InChI is InChI=1S/C30H44N6O3S/c1-21-27(22(2)36(34-21)20-39-18-19-40(4,5)6)23-12-14-25(15-13-23)32-30(38)28(24-10-8-7-9-11-24)33-29(37)26-16-17-31-35(26)3/h12-17,24,28H,7-11,18-20H2,1-6H3,(H,32,38)(H,33,37). The quantitative estimate of drug-likeness (QED) is 0.321. The number of anilines is 1. The van der Waals surface area contributed by atoms with Gasteiger partial charge in [0.05, 0.1) is 12.3 Å². The van der Waals surface area contributed by atoms with E-state index < -0.39 is 16.1 Å². The molecule has 1 saturated carbocycles. The Labute approximate surface area is 239 Å². The number of benzene rings is 1. The van der Waals surface area contributed by atoms with Crippen LogP contribution < -0.4 is 10.6 Å². The van der Waals surface area contributed by atoms with Gasteiger partial charge >= 0.3 is 0 Å². The van der Waals surface area contributed by atoms with Gasteiger partial charge in [-0.15, -0.1) is 0 Å². The van der Waals surface area contributed by atoms with E-state index in [0.29, 0.717) is 18.1 Å². The average Bonchev–Trinajstić information content (AvgIpc) is 3.47. The number of carbonyl (C=O) groups is 2. The van der Waals surface area contributed by atoms with Crippen molar-refractivity contribution in [2.45, 2.75) is 58.7 Å². The van der Waals surface area contributed by atoms with Crippen LogP contribution in [0.1, 0.15) is 54.0 Å². The number of hydrogen-bond acceptors (Lipinski definition) is 5. The predicted molar refractivity (Wildman–Crippen MR) is 163 cm³/mol. The molecule has 10 heteroatoms. The Kier molecular flexibility index (Phi) is 9.73. The minimum atomic E-state index is -0.606. The summed E-state index contributed by atoms with van der Waals surface area (Å²) in [6.07, 6.45) is 13.6. The number of rotatable bonds is 11. The van der Waals surface area contributed by atoms with E-state index in [4.69, 9.17) is 9.84 Å². The van der Waals surface area contributed by atoms with Crippen molar-refractivity contribution >= 4 is 27.5 Å². The predicted octanol–water partition coefficient (Wildman–Crippen LogP) is 4.89. The highest BCUT2D eigenvalue weighted by Gasteiger charge is 2.32. The minimum absolute atomic E-state index is 0.105.